The van der Waals surface area contributed by atoms with Gasteiger partial charge < -0.3 is 19.3 Å². The van der Waals surface area contributed by atoms with Gasteiger partial charge >= 0.3 is 11.9 Å². The number of esters is 2. The number of epoxide rings is 1. The molecule has 1 saturated heterocycles. The molecule has 1 heterocycles. The Labute approximate surface area is 284 Å². The Morgan fingerprint density at radius 3 is 1.46 bits per heavy atom. The first-order chi connectivity index (χ1) is 22.6. The van der Waals surface area contributed by atoms with E-state index in [4.69, 9.17) is 14.2 Å². The first kappa shape index (κ1) is 42.6. The van der Waals surface area contributed by atoms with E-state index in [-0.39, 0.29) is 25.2 Å². The number of allylic oxidation sites excluding steroid dienone is 1. The largest absolute Gasteiger partial charge is 0.463 e. The lowest BCUT2D eigenvalue weighted by Gasteiger charge is -2.12. The third-order valence-electron chi connectivity index (χ3n) is 9.17. The quantitative estimate of drug-likeness (QED) is 0.0318. The van der Waals surface area contributed by atoms with Crippen LogP contribution in [0.25, 0.3) is 0 Å². The Hall–Kier alpha value is -1.40. The van der Waals surface area contributed by atoms with Crippen molar-refractivity contribution in [1.29, 1.82) is 0 Å². The zero-order valence-corrected chi connectivity index (χ0v) is 30.3. The molecule has 0 bridgehead atoms. The lowest BCUT2D eigenvalue weighted by Crippen LogP contribution is -2.25. The molecule has 0 amide bonds. The van der Waals surface area contributed by atoms with E-state index in [0.717, 1.165) is 51.4 Å². The Morgan fingerprint density at radius 1 is 0.565 bits per heavy atom. The van der Waals surface area contributed by atoms with E-state index in [0.29, 0.717) is 25.0 Å². The third-order valence-corrected chi connectivity index (χ3v) is 9.17. The minimum absolute atomic E-state index is 0.118. The van der Waals surface area contributed by atoms with E-state index >= 15 is 0 Å². The standard InChI is InChI=1S/C40H74O6/c1-3-5-7-8-9-10-11-12-13-14-15-16-17-21-24-28-32-39(42)44-34-36(41)35-45-40(43)33-29-25-22-19-18-20-23-27-31-38-37(46-38)30-26-6-4-2/h23,27,36-38,41H,3-22,24-26,28-35H2,1-2H3/b27-23-/t36-,37?,38?/m0/s1. The lowest BCUT2D eigenvalue weighted by atomic mass is 10.0. The summed E-state index contributed by atoms with van der Waals surface area (Å²) in [7, 11) is 0. The van der Waals surface area contributed by atoms with Gasteiger partial charge in [-0.25, -0.2) is 0 Å². The van der Waals surface area contributed by atoms with Crippen molar-refractivity contribution in [3.63, 3.8) is 0 Å². The third kappa shape index (κ3) is 28.8. The van der Waals surface area contributed by atoms with Crippen molar-refractivity contribution in [3.8, 4) is 0 Å². The van der Waals surface area contributed by atoms with Gasteiger partial charge in [0.05, 0.1) is 12.2 Å². The average Bonchev–Trinajstić information content (AvgIpc) is 3.81. The number of hydrogen-bond acceptors (Lipinski definition) is 6. The maximum absolute atomic E-state index is 12.0. The van der Waals surface area contributed by atoms with Gasteiger partial charge in [-0.15, -0.1) is 0 Å². The summed E-state index contributed by atoms with van der Waals surface area (Å²) >= 11 is 0. The minimum atomic E-state index is -0.967. The Balaban J connectivity index is 1.80. The van der Waals surface area contributed by atoms with Crippen LogP contribution in [-0.2, 0) is 23.8 Å². The molecular formula is C40H74O6. The van der Waals surface area contributed by atoms with Crippen molar-refractivity contribution in [2.75, 3.05) is 13.2 Å². The molecule has 0 saturated carbocycles. The highest BCUT2D eigenvalue weighted by Gasteiger charge is 2.36. The second kappa shape index (κ2) is 32.2. The van der Waals surface area contributed by atoms with Crippen LogP contribution < -0.4 is 0 Å². The molecule has 0 aromatic rings. The molecule has 0 aromatic heterocycles. The maximum atomic E-state index is 12.0. The molecule has 1 aliphatic rings. The summed E-state index contributed by atoms with van der Waals surface area (Å²) in [6.45, 7) is 4.27. The van der Waals surface area contributed by atoms with Gasteiger partial charge in [-0.1, -0.05) is 161 Å². The fourth-order valence-corrected chi connectivity index (χ4v) is 6.03. The van der Waals surface area contributed by atoms with Crippen LogP contribution in [0.2, 0.25) is 0 Å². The molecule has 46 heavy (non-hydrogen) atoms. The number of carbonyl (C=O) groups is 2. The summed E-state index contributed by atoms with van der Waals surface area (Å²) in [6, 6.07) is 0. The van der Waals surface area contributed by atoms with Crippen molar-refractivity contribution in [3.05, 3.63) is 12.2 Å². The zero-order chi connectivity index (χ0) is 33.3. The molecule has 1 N–H and O–H groups in total. The highest BCUT2D eigenvalue weighted by molar-refractivity contribution is 5.69. The highest BCUT2D eigenvalue weighted by atomic mass is 16.6. The summed E-state index contributed by atoms with van der Waals surface area (Å²) in [5.41, 5.74) is 0. The average molecular weight is 651 g/mol. The van der Waals surface area contributed by atoms with Crippen molar-refractivity contribution >= 4 is 11.9 Å². The summed E-state index contributed by atoms with van der Waals surface area (Å²) < 4.78 is 16.1. The van der Waals surface area contributed by atoms with Gasteiger partial charge in [0.2, 0.25) is 0 Å². The number of hydrogen-bond donors (Lipinski definition) is 1. The number of aliphatic hydroxyl groups excluding tert-OH is 1. The fraction of sp³-hybridized carbons (Fsp3) is 0.900. The van der Waals surface area contributed by atoms with Gasteiger partial charge in [0.1, 0.15) is 19.3 Å². The molecule has 2 unspecified atom stereocenters. The van der Waals surface area contributed by atoms with Crippen LogP contribution in [0.15, 0.2) is 12.2 Å². The van der Waals surface area contributed by atoms with Gasteiger partial charge in [-0.3, -0.25) is 9.59 Å². The van der Waals surface area contributed by atoms with Crippen LogP contribution in [0.5, 0.6) is 0 Å². The topological polar surface area (TPSA) is 85.4 Å². The molecule has 0 spiro atoms. The first-order valence-corrected chi connectivity index (χ1v) is 19.9. The van der Waals surface area contributed by atoms with Gasteiger partial charge in [-0.2, -0.15) is 0 Å². The Kier molecular flexibility index (Phi) is 29.8. The molecule has 270 valence electrons. The molecular weight excluding hydrogens is 576 g/mol. The summed E-state index contributed by atoms with van der Waals surface area (Å²) in [6.07, 6.45) is 38.6. The Morgan fingerprint density at radius 2 is 0.978 bits per heavy atom. The van der Waals surface area contributed by atoms with E-state index in [1.54, 1.807) is 0 Å². The van der Waals surface area contributed by atoms with E-state index in [1.807, 2.05) is 0 Å². The molecule has 0 aliphatic carbocycles. The molecule has 1 rings (SSSR count). The van der Waals surface area contributed by atoms with Crippen molar-refractivity contribution in [2.45, 2.75) is 218 Å². The molecule has 1 aliphatic heterocycles. The monoisotopic (exact) mass is 651 g/mol. The van der Waals surface area contributed by atoms with Crippen LogP contribution in [0.1, 0.15) is 200 Å². The van der Waals surface area contributed by atoms with E-state index < -0.39 is 6.10 Å². The van der Waals surface area contributed by atoms with Crippen LogP contribution in [0.3, 0.4) is 0 Å². The van der Waals surface area contributed by atoms with Crippen molar-refractivity contribution in [1.82, 2.24) is 0 Å². The lowest BCUT2D eigenvalue weighted by molar-refractivity contribution is -0.152. The smallest absolute Gasteiger partial charge is 0.305 e. The van der Waals surface area contributed by atoms with E-state index in [1.165, 1.54) is 122 Å². The van der Waals surface area contributed by atoms with Gasteiger partial charge in [0, 0.05) is 12.8 Å². The summed E-state index contributed by atoms with van der Waals surface area (Å²) in [5, 5.41) is 10.0. The number of unbranched alkanes of at least 4 members (excludes halogenated alkanes) is 22. The van der Waals surface area contributed by atoms with Crippen LogP contribution in [0.4, 0.5) is 0 Å². The Bertz CT molecular complexity index is 723. The van der Waals surface area contributed by atoms with Gasteiger partial charge in [0.15, 0.2) is 0 Å². The van der Waals surface area contributed by atoms with Gasteiger partial charge in [-0.05, 0) is 38.5 Å². The maximum Gasteiger partial charge on any atom is 0.305 e. The predicted octanol–water partition coefficient (Wildman–Crippen LogP) is 11.1. The molecule has 0 radical (unpaired) electrons. The van der Waals surface area contributed by atoms with Crippen LogP contribution in [-0.4, -0.2) is 48.6 Å². The van der Waals surface area contributed by atoms with Crippen LogP contribution >= 0.6 is 0 Å². The second-order valence-electron chi connectivity index (χ2n) is 13.8. The summed E-state index contributed by atoms with van der Waals surface area (Å²) in [5.74, 6) is -0.577. The second-order valence-corrected chi connectivity index (χ2v) is 13.8. The number of rotatable bonds is 35. The van der Waals surface area contributed by atoms with E-state index in [2.05, 4.69) is 26.0 Å². The van der Waals surface area contributed by atoms with Crippen LogP contribution in [0, 0.1) is 0 Å². The highest BCUT2D eigenvalue weighted by Crippen LogP contribution is 2.30. The van der Waals surface area contributed by atoms with E-state index in [9.17, 15) is 14.7 Å². The van der Waals surface area contributed by atoms with Crippen molar-refractivity contribution < 1.29 is 28.9 Å². The number of carbonyl (C=O) groups excluding carboxylic acids is 2. The SMILES string of the molecule is CCCCCCCCCCCCCCCCCCC(=O)OC[C@H](O)COC(=O)CCCCCCC/C=C\CC1OC1CCCCC. The normalized spacial score (nSPS) is 16.6. The predicted molar refractivity (Wildman–Crippen MR) is 191 cm³/mol. The molecule has 1 fully saturated rings. The fourth-order valence-electron chi connectivity index (χ4n) is 6.03. The van der Waals surface area contributed by atoms with Crippen molar-refractivity contribution in [2.24, 2.45) is 0 Å². The first-order valence-electron chi connectivity index (χ1n) is 19.9. The zero-order valence-electron chi connectivity index (χ0n) is 30.3. The molecule has 3 atom stereocenters. The minimum Gasteiger partial charge on any atom is -0.463 e. The number of ether oxygens (including phenoxy) is 3. The number of aliphatic hydroxyl groups is 1. The molecule has 6 nitrogen and oxygen atoms in total. The molecule has 6 heteroatoms. The van der Waals surface area contributed by atoms with Gasteiger partial charge in [0.25, 0.3) is 0 Å². The molecule has 0 aromatic carbocycles. The summed E-state index contributed by atoms with van der Waals surface area (Å²) in [4.78, 5) is 23.9.